The first-order valence-electron chi connectivity index (χ1n) is 12.4. The number of benzene rings is 3. The van der Waals surface area contributed by atoms with Crippen molar-refractivity contribution in [3.63, 3.8) is 0 Å². The molecule has 48 heavy (non-hydrogen) atoms. The summed E-state index contributed by atoms with van der Waals surface area (Å²) in [6, 6.07) is 15.6. The number of isocyanates is 4. The molecule has 0 fully saturated rings. The van der Waals surface area contributed by atoms with Gasteiger partial charge in [-0.3, -0.25) is 0 Å². The first kappa shape index (κ1) is 40.9. The van der Waals surface area contributed by atoms with Crippen molar-refractivity contribution in [2.24, 2.45) is 20.0 Å². The minimum atomic E-state index is -4.71. The lowest BCUT2D eigenvalue weighted by molar-refractivity contribution is -0.274. The average molecular weight is 731 g/mol. The molecule has 0 N–H and O–H groups in total. The Morgan fingerprint density at radius 2 is 1.19 bits per heavy atom. The highest BCUT2D eigenvalue weighted by Crippen LogP contribution is 2.35. The zero-order chi connectivity index (χ0) is 36.3. The van der Waals surface area contributed by atoms with Crippen molar-refractivity contribution in [3.8, 4) is 5.75 Å². The van der Waals surface area contributed by atoms with E-state index in [0.29, 0.717) is 21.4 Å². The van der Waals surface area contributed by atoms with Crippen molar-refractivity contribution in [1.29, 1.82) is 0 Å². The number of aliphatic imine (C=N–C) groups is 4. The fraction of sp³-hybridized carbons (Fsp3) is 0.133. The van der Waals surface area contributed by atoms with Crippen LogP contribution in [0.2, 0.25) is 10.0 Å². The second kappa shape index (κ2) is 20.2. The number of alkyl halides is 6. The number of halogens is 8. The van der Waals surface area contributed by atoms with E-state index in [1.807, 2.05) is 13.8 Å². The van der Waals surface area contributed by atoms with Crippen LogP contribution in [0.25, 0.3) is 0 Å². The molecular formula is C30H18Cl2F6N4O5S. The molecule has 0 saturated carbocycles. The van der Waals surface area contributed by atoms with E-state index in [1.165, 1.54) is 36.5 Å². The lowest BCUT2D eigenvalue weighted by Crippen LogP contribution is -2.16. The molecule has 0 amide bonds. The molecule has 0 unspecified atom stereocenters. The molecule has 1 aromatic heterocycles. The smallest absolute Gasteiger partial charge is 0.406 e. The molecular weight excluding hydrogens is 713 g/mol. The first-order chi connectivity index (χ1) is 22.5. The number of hydrogen-bond donors (Lipinski definition) is 0. The summed E-state index contributed by atoms with van der Waals surface area (Å²) in [6.45, 7) is 3.69. The monoisotopic (exact) mass is 730 g/mol. The van der Waals surface area contributed by atoms with Crippen LogP contribution in [-0.2, 0) is 25.4 Å². The number of carbonyl (C=O) groups excluding carboxylic acids is 4. The number of hydrogen-bond acceptors (Lipinski definition) is 10. The Bertz CT molecular complexity index is 1860. The molecule has 0 aliphatic rings. The van der Waals surface area contributed by atoms with Gasteiger partial charge in [0, 0.05) is 15.4 Å². The second-order valence-corrected chi connectivity index (χ2v) is 10.1. The largest absolute Gasteiger partial charge is 0.573 e. The van der Waals surface area contributed by atoms with Crippen molar-refractivity contribution in [2.75, 3.05) is 0 Å². The summed E-state index contributed by atoms with van der Waals surface area (Å²) in [5, 5.41) is 2.13. The van der Waals surface area contributed by atoms with Crippen LogP contribution in [0.1, 0.15) is 16.7 Å². The van der Waals surface area contributed by atoms with E-state index in [9.17, 15) is 45.5 Å². The Morgan fingerprint density at radius 1 is 0.646 bits per heavy atom. The molecule has 0 aliphatic heterocycles. The van der Waals surface area contributed by atoms with Crippen LogP contribution in [-0.4, -0.2) is 30.7 Å². The topological polar surface area (TPSA) is 127 Å². The normalized spacial score (nSPS) is 9.88. The zero-order valence-corrected chi connectivity index (χ0v) is 26.5. The molecule has 4 rings (SSSR count). The van der Waals surface area contributed by atoms with Gasteiger partial charge in [0.2, 0.25) is 24.3 Å². The summed E-state index contributed by atoms with van der Waals surface area (Å²) in [5.41, 5.74) is 2.41. The van der Waals surface area contributed by atoms with Gasteiger partial charge in [-0.2, -0.15) is 33.1 Å². The van der Waals surface area contributed by atoms with Crippen LogP contribution in [0.4, 0.5) is 48.4 Å². The highest BCUT2D eigenvalue weighted by atomic mass is 35.5. The summed E-state index contributed by atoms with van der Waals surface area (Å²) < 4.78 is 74.4. The molecule has 0 spiro atoms. The summed E-state index contributed by atoms with van der Waals surface area (Å²) >= 11 is 12.1. The van der Waals surface area contributed by atoms with Gasteiger partial charge in [0.1, 0.15) is 10.8 Å². The molecule has 4 aromatic rings. The molecule has 250 valence electrons. The zero-order valence-electron chi connectivity index (χ0n) is 24.2. The Morgan fingerprint density at radius 3 is 1.69 bits per heavy atom. The van der Waals surface area contributed by atoms with Crippen molar-refractivity contribution in [1.82, 2.24) is 0 Å². The maximum absolute atomic E-state index is 11.9. The van der Waals surface area contributed by atoms with E-state index in [0.717, 1.165) is 46.0 Å². The van der Waals surface area contributed by atoms with E-state index in [2.05, 4.69) is 24.7 Å². The van der Waals surface area contributed by atoms with Gasteiger partial charge in [-0.1, -0.05) is 29.3 Å². The Hall–Kier alpha value is -5.16. The average Bonchev–Trinajstić information content (AvgIpc) is 3.48. The van der Waals surface area contributed by atoms with Gasteiger partial charge in [-0.05, 0) is 85.6 Å². The summed E-state index contributed by atoms with van der Waals surface area (Å²) in [6.07, 6.45) is -3.71. The van der Waals surface area contributed by atoms with Crippen molar-refractivity contribution in [2.45, 2.75) is 26.4 Å². The van der Waals surface area contributed by atoms with Gasteiger partial charge >= 0.3 is 12.5 Å². The molecule has 0 bridgehead atoms. The van der Waals surface area contributed by atoms with Gasteiger partial charge in [-0.15, -0.1) is 24.5 Å². The molecule has 18 heteroatoms. The first-order valence-corrected chi connectivity index (χ1v) is 14.0. The van der Waals surface area contributed by atoms with E-state index >= 15 is 0 Å². The third kappa shape index (κ3) is 16.4. The highest BCUT2D eigenvalue weighted by molar-refractivity contribution is 7.14. The molecule has 0 atom stereocenters. The van der Waals surface area contributed by atoms with Gasteiger partial charge in [0.05, 0.1) is 22.6 Å². The van der Waals surface area contributed by atoms with E-state index < -0.39 is 18.1 Å². The van der Waals surface area contributed by atoms with E-state index in [1.54, 1.807) is 36.4 Å². The van der Waals surface area contributed by atoms with Gasteiger partial charge in [0.15, 0.2) is 0 Å². The van der Waals surface area contributed by atoms with Crippen molar-refractivity contribution >= 4 is 80.9 Å². The highest BCUT2D eigenvalue weighted by Gasteiger charge is 2.32. The molecule has 0 radical (unpaired) electrons. The van der Waals surface area contributed by atoms with Crippen molar-refractivity contribution < 1.29 is 50.3 Å². The van der Waals surface area contributed by atoms with E-state index in [-0.39, 0.29) is 16.4 Å². The van der Waals surface area contributed by atoms with Crippen LogP contribution in [0.3, 0.4) is 0 Å². The maximum atomic E-state index is 11.9. The Labute approximate surface area is 281 Å². The fourth-order valence-corrected chi connectivity index (χ4v) is 4.03. The molecule has 0 saturated heterocycles. The Kier molecular flexibility index (Phi) is 17.2. The Balaban J connectivity index is 0.000000322. The van der Waals surface area contributed by atoms with Crippen LogP contribution in [0.5, 0.6) is 5.75 Å². The van der Waals surface area contributed by atoms with Gasteiger partial charge in [-0.25, -0.2) is 19.2 Å². The predicted molar refractivity (Wildman–Crippen MR) is 166 cm³/mol. The number of thiophene rings is 1. The summed E-state index contributed by atoms with van der Waals surface area (Å²) in [4.78, 5) is 52.5. The van der Waals surface area contributed by atoms with Crippen LogP contribution in [0.15, 0.2) is 92.1 Å². The van der Waals surface area contributed by atoms with Crippen LogP contribution in [0, 0.1) is 13.8 Å². The molecule has 1 heterocycles. The van der Waals surface area contributed by atoms with Crippen LogP contribution >= 0.6 is 34.5 Å². The SMILES string of the molecule is Cc1cc(Cl)ccc1N=C=O.Cc1ccc(Cl)cc1N=C=O.O=C=Nc1cc(C(F)(F)F)cs1.O=C=Nc1ccc(OC(F)(F)F)cc1. The predicted octanol–water partition coefficient (Wildman–Crippen LogP) is 10.5. The van der Waals surface area contributed by atoms with Gasteiger partial charge < -0.3 is 4.74 Å². The van der Waals surface area contributed by atoms with Crippen molar-refractivity contribution in [3.05, 3.63) is 98.8 Å². The van der Waals surface area contributed by atoms with Gasteiger partial charge in [0.25, 0.3) is 0 Å². The molecule has 0 aliphatic carbocycles. The third-order valence-corrected chi connectivity index (χ3v) is 6.27. The second-order valence-electron chi connectivity index (χ2n) is 8.39. The summed E-state index contributed by atoms with van der Waals surface area (Å²) in [7, 11) is 0. The molecule has 9 nitrogen and oxygen atoms in total. The van der Waals surface area contributed by atoms with Crippen LogP contribution < -0.4 is 4.74 Å². The third-order valence-electron chi connectivity index (χ3n) is 4.98. The standard InChI is InChI=1S/2C8H6ClNO.C8H4F3NO2.C6H2F3NOS/c1-6-4-7(9)2-3-8(6)10-5-11;1-6-2-3-7(9)4-8(6)10-5-11;9-8(10,11)14-7-3-1-6(2-4-7)12-5-13;7-6(8,9)4-1-5(10-3-11)12-2-4/h2*2-4H,1H3;1-4H;1-2H. The van der Waals surface area contributed by atoms with E-state index in [4.69, 9.17) is 23.2 Å². The number of ether oxygens (including phenoxy) is 1. The number of aryl methyl sites for hydroxylation is 2. The maximum Gasteiger partial charge on any atom is 0.573 e. The quantitative estimate of drug-likeness (QED) is 0.115. The fourth-order valence-electron chi connectivity index (χ4n) is 2.90. The minimum Gasteiger partial charge on any atom is -0.406 e. The lowest BCUT2D eigenvalue weighted by Gasteiger charge is -2.07. The summed E-state index contributed by atoms with van der Waals surface area (Å²) in [5.74, 6) is -0.359. The number of rotatable bonds is 5. The molecule has 3 aromatic carbocycles. The minimum absolute atomic E-state index is 0.0114. The number of nitrogens with zero attached hydrogens (tertiary/aromatic N) is 4. The lowest BCUT2D eigenvalue weighted by atomic mass is 10.2.